The largest absolute Gasteiger partial charge is 0.279 e. The topological polar surface area (TPSA) is 28.5 Å². The van der Waals surface area contributed by atoms with Gasteiger partial charge in [-0.05, 0) is 131 Å². The van der Waals surface area contributed by atoms with Crippen molar-refractivity contribution < 1.29 is 0 Å². The smallest absolute Gasteiger partial charge is 0.142 e. The number of nitrogens with zero attached hydrogens (tertiary/aromatic N) is 3. The second kappa shape index (κ2) is 13.6. The van der Waals surface area contributed by atoms with Gasteiger partial charge in [-0.25, -0.2) is 4.98 Å². The molecule has 0 bridgehead atoms. The van der Waals surface area contributed by atoms with E-state index >= 15 is 0 Å². The lowest BCUT2D eigenvalue weighted by atomic mass is 9.74. The van der Waals surface area contributed by atoms with Gasteiger partial charge in [0, 0.05) is 23.7 Å². The van der Waals surface area contributed by atoms with Gasteiger partial charge in [0.2, 0.25) is 0 Å². The molecule has 0 amide bonds. The lowest BCUT2D eigenvalue weighted by molar-refractivity contribution is 0.628. The molecule has 0 saturated carbocycles. The summed E-state index contributed by atoms with van der Waals surface area (Å²) in [7, 11) is 0. The summed E-state index contributed by atoms with van der Waals surface area (Å²) in [6.45, 7) is 19.8. The second-order valence-corrected chi connectivity index (χ2v) is 15.5. The second-order valence-electron chi connectivity index (χ2n) is 15.5. The summed E-state index contributed by atoms with van der Waals surface area (Å²) in [6.07, 6.45) is 10.4. The lowest BCUT2D eigenvalue weighted by Gasteiger charge is -2.41. The van der Waals surface area contributed by atoms with Crippen molar-refractivity contribution in [2.45, 2.75) is 33.1 Å². The number of hydrogen-bond donors (Lipinski definition) is 0. The number of amidine groups is 1. The number of rotatable bonds is 4. The minimum atomic E-state index is -0.230. The minimum absolute atomic E-state index is 0.230. The van der Waals surface area contributed by atoms with Gasteiger partial charge in [-0.2, -0.15) is 0 Å². The van der Waals surface area contributed by atoms with E-state index in [0.717, 1.165) is 29.5 Å². The molecule has 272 valence electrons. The van der Waals surface area contributed by atoms with Crippen molar-refractivity contribution in [2.75, 3.05) is 11.4 Å². The van der Waals surface area contributed by atoms with E-state index in [9.17, 15) is 0 Å². The summed E-state index contributed by atoms with van der Waals surface area (Å²) < 4.78 is 0. The van der Waals surface area contributed by atoms with Crippen molar-refractivity contribution >= 4 is 66.0 Å². The molecule has 7 aromatic carbocycles. The van der Waals surface area contributed by atoms with Gasteiger partial charge in [-0.15, -0.1) is 13.2 Å². The van der Waals surface area contributed by atoms with Crippen LogP contribution in [0.2, 0.25) is 0 Å². The monoisotopic (exact) mass is 723 g/mol. The maximum absolute atomic E-state index is 4.99. The van der Waals surface area contributed by atoms with Crippen molar-refractivity contribution in [3.8, 4) is 22.3 Å². The molecule has 3 heterocycles. The SMILES string of the molecule is C=C.C=C/C(=C\C)c1ccc2ccc3c(-c4ccc5cc(-c6ccc7c(c6)C(C)(C)c6cccnc6N7C6=NCC(C)C=C6)ccc5c4)ccc4ccc1c2c43. The Labute approximate surface area is 329 Å². The Morgan fingerprint density at radius 3 is 2.11 bits per heavy atom. The molecule has 56 heavy (non-hydrogen) atoms. The highest BCUT2D eigenvalue weighted by Crippen LogP contribution is 2.50. The lowest BCUT2D eigenvalue weighted by Crippen LogP contribution is -2.37. The molecule has 10 rings (SSSR count). The van der Waals surface area contributed by atoms with E-state index in [4.69, 9.17) is 9.98 Å². The van der Waals surface area contributed by atoms with Crippen LogP contribution in [-0.2, 0) is 5.41 Å². The van der Waals surface area contributed by atoms with Gasteiger partial charge < -0.3 is 0 Å². The molecule has 2 aliphatic rings. The molecule has 0 spiro atoms. The van der Waals surface area contributed by atoms with Crippen molar-refractivity contribution in [2.24, 2.45) is 10.9 Å². The quantitative estimate of drug-likeness (QED) is 0.103. The molecule has 1 atom stereocenters. The fraction of sp³-hybridized carbons (Fsp3) is 0.132. The maximum Gasteiger partial charge on any atom is 0.142 e. The van der Waals surface area contributed by atoms with Gasteiger partial charge in [0.15, 0.2) is 0 Å². The average Bonchev–Trinajstić information content (AvgIpc) is 3.24. The molecule has 1 aromatic heterocycles. The zero-order chi connectivity index (χ0) is 38.7. The highest BCUT2D eigenvalue weighted by atomic mass is 15.3. The Morgan fingerprint density at radius 2 is 1.38 bits per heavy atom. The predicted octanol–water partition coefficient (Wildman–Crippen LogP) is 14.2. The summed E-state index contributed by atoms with van der Waals surface area (Å²) in [4.78, 5) is 12.1. The molecule has 0 radical (unpaired) electrons. The Morgan fingerprint density at radius 1 is 0.732 bits per heavy atom. The number of dihydropyridines is 1. The zero-order valence-corrected chi connectivity index (χ0v) is 32.6. The van der Waals surface area contributed by atoms with E-state index in [2.05, 4.69) is 180 Å². The first-order chi connectivity index (χ1) is 27.3. The van der Waals surface area contributed by atoms with Crippen LogP contribution in [0.5, 0.6) is 0 Å². The molecular weight excluding hydrogens is 679 g/mol. The molecule has 0 aliphatic carbocycles. The zero-order valence-electron chi connectivity index (χ0n) is 32.6. The van der Waals surface area contributed by atoms with E-state index in [1.165, 1.54) is 82.0 Å². The molecule has 2 aliphatic heterocycles. The van der Waals surface area contributed by atoms with Gasteiger partial charge in [-0.3, -0.25) is 9.89 Å². The van der Waals surface area contributed by atoms with Gasteiger partial charge in [0.05, 0.1) is 5.69 Å². The first kappa shape index (κ1) is 35.1. The minimum Gasteiger partial charge on any atom is -0.279 e. The Hall–Kier alpha value is -6.58. The van der Waals surface area contributed by atoms with E-state index in [1.807, 2.05) is 18.3 Å². The highest BCUT2D eigenvalue weighted by molar-refractivity contribution is 6.27. The number of anilines is 2. The first-order valence-corrected chi connectivity index (χ1v) is 19.5. The van der Waals surface area contributed by atoms with Crippen LogP contribution in [0.3, 0.4) is 0 Å². The van der Waals surface area contributed by atoms with Crippen LogP contribution in [0.4, 0.5) is 11.5 Å². The first-order valence-electron chi connectivity index (χ1n) is 19.5. The molecule has 0 saturated heterocycles. The van der Waals surface area contributed by atoms with Crippen LogP contribution in [0.25, 0.3) is 70.9 Å². The van der Waals surface area contributed by atoms with E-state index < -0.39 is 0 Å². The van der Waals surface area contributed by atoms with Crippen LogP contribution in [0.15, 0.2) is 170 Å². The third-order valence-corrected chi connectivity index (χ3v) is 11.9. The summed E-state index contributed by atoms with van der Waals surface area (Å²) in [5.74, 6) is 2.35. The molecule has 0 fully saturated rings. The Bertz CT molecular complexity index is 2960. The molecule has 3 heteroatoms. The number of benzene rings is 7. The predicted molar refractivity (Wildman–Crippen MR) is 243 cm³/mol. The summed E-state index contributed by atoms with van der Waals surface area (Å²) >= 11 is 0. The molecule has 1 unspecified atom stereocenters. The van der Waals surface area contributed by atoms with Gasteiger partial charge in [-0.1, -0.05) is 131 Å². The number of pyridine rings is 1. The van der Waals surface area contributed by atoms with Crippen LogP contribution in [-0.4, -0.2) is 17.4 Å². The number of allylic oxidation sites excluding steroid dienone is 3. The average molecular weight is 724 g/mol. The Kier molecular flexibility index (Phi) is 8.55. The van der Waals surface area contributed by atoms with Crippen LogP contribution in [0.1, 0.15) is 44.4 Å². The van der Waals surface area contributed by atoms with Gasteiger partial charge in [0.25, 0.3) is 0 Å². The standard InChI is InChI=1S/C51H41N3.C2H4/c1-6-32(7-2)40-20-15-33-18-23-43-41(21-16-34-17-22-42(40)48(33)49(34)43)39-14-13-35-27-36(11-12-37(35)28-39)38-19-24-46-45(29-38)51(4,5)44-9-8-26-52-50(44)54(46)47-25-10-31(3)30-53-47;1-2/h6-29,31H,1,30H2,2-5H3;1-2H2/b32-7+;. The van der Waals surface area contributed by atoms with Crippen molar-refractivity contribution in [1.82, 2.24) is 4.98 Å². The molecule has 8 aromatic rings. The Balaban J connectivity index is 0.00000202. The van der Waals surface area contributed by atoms with E-state index in [1.54, 1.807) is 0 Å². The van der Waals surface area contributed by atoms with Crippen LogP contribution in [0, 0.1) is 5.92 Å². The maximum atomic E-state index is 4.99. The number of aliphatic imine (C=N–C) groups is 1. The van der Waals surface area contributed by atoms with Crippen LogP contribution < -0.4 is 4.90 Å². The van der Waals surface area contributed by atoms with Crippen molar-refractivity contribution in [3.05, 3.63) is 182 Å². The summed E-state index contributed by atoms with van der Waals surface area (Å²) in [5.41, 5.74) is 10.7. The highest BCUT2D eigenvalue weighted by Gasteiger charge is 2.39. The molecule has 3 nitrogen and oxygen atoms in total. The van der Waals surface area contributed by atoms with E-state index in [0.29, 0.717) is 5.92 Å². The summed E-state index contributed by atoms with van der Waals surface area (Å²) in [5, 5.41) is 10.2. The normalized spacial score (nSPS) is 16.1. The number of fused-ring (bicyclic) bond motifs is 3. The number of aromatic nitrogens is 1. The van der Waals surface area contributed by atoms with Gasteiger partial charge in [0.1, 0.15) is 11.7 Å². The third kappa shape index (κ3) is 5.41. The van der Waals surface area contributed by atoms with Gasteiger partial charge >= 0.3 is 0 Å². The van der Waals surface area contributed by atoms with E-state index in [-0.39, 0.29) is 5.41 Å². The molecule has 0 N–H and O–H groups in total. The fourth-order valence-corrected chi connectivity index (χ4v) is 8.99. The number of hydrogen-bond acceptors (Lipinski definition) is 3. The fourth-order valence-electron chi connectivity index (χ4n) is 8.99. The third-order valence-electron chi connectivity index (χ3n) is 11.9. The van der Waals surface area contributed by atoms with Crippen LogP contribution >= 0.6 is 0 Å². The summed E-state index contributed by atoms with van der Waals surface area (Å²) in [6, 6.07) is 43.2. The molecular formula is C53H45N3. The van der Waals surface area contributed by atoms with Crippen molar-refractivity contribution in [3.63, 3.8) is 0 Å². The van der Waals surface area contributed by atoms with Crippen molar-refractivity contribution in [1.29, 1.82) is 0 Å².